The molecule has 0 aliphatic heterocycles. The third-order valence-corrected chi connectivity index (χ3v) is 2.39. The molecule has 0 fully saturated rings. The van der Waals surface area contributed by atoms with E-state index >= 15 is 0 Å². The molecule has 58 valence electrons. The normalized spacial score (nSPS) is 9.55. The molecule has 4 heteroatoms. The first-order chi connectivity index (χ1) is 5.25. The second-order valence-electron chi connectivity index (χ2n) is 1.95. The van der Waals surface area contributed by atoms with Crippen LogP contribution in [0.25, 0.3) is 0 Å². The summed E-state index contributed by atoms with van der Waals surface area (Å²) in [5.74, 6) is -0.415. The van der Waals surface area contributed by atoms with Gasteiger partial charge in [0.2, 0.25) is 5.91 Å². The molecule has 0 spiro atoms. The van der Waals surface area contributed by atoms with Gasteiger partial charge < -0.3 is 5.73 Å². The summed E-state index contributed by atoms with van der Waals surface area (Å²) in [5.41, 5.74) is 5.62. The molecule has 11 heavy (non-hydrogen) atoms. The van der Waals surface area contributed by atoms with E-state index in [1.807, 2.05) is 6.07 Å². The topological polar surface area (TPSA) is 43.1 Å². The van der Waals surface area contributed by atoms with Crippen molar-refractivity contribution in [3.05, 3.63) is 29.8 Å². The van der Waals surface area contributed by atoms with Crippen molar-refractivity contribution in [1.82, 2.24) is 0 Å². The Kier molecular flexibility index (Phi) is 2.84. The first-order valence-electron chi connectivity index (χ1n) is 2.96. The fourth-order valence-corrected chi connectivity index (χ4v) is 1.63. The minimum atomic E-state index is -0.415. The molecule has 0 atom stereocenters. The molecule has 0 saturated heterocycles. The average molecular weight is 185 g/mol. The number of nitrogens with two attached hydrogens (primary N) is 1. The minimum Gasteiger partial charge on any atom is -0.366 e. The summed E-state index contributed by atoms with van der Waals surface area (Å²) in [6.07, 6.45) is 0. The number of benzene rings is 1. The van der Waals surface area contributed by atoms with E-state index in [4.69, 9.17) is 5.73 Å². The lowest BCUT2D eigenvalue weighted by atomic mass is 10.2. The smallest absolute Gasteiger partial charge is 0.249 e. The van der Waals surface area contributed by atoms with E-state index in [-0.39, 0.29) is 0 Å². The highest BCUT2D eigenvalue weighted by Gasteiger charge is 2.04. The van der Waals surface area contributed by atoms with Crippen LogP contribution < -0.4 is 5.73 Å². The molecular weight excluding hydrogens is 178 g/mol. The van der Waals surface area contributed by atoms with Crippen molar-refractivity contribution in [2.24, 2.45) is 5.73 Å². The number of rotatable bonds is 2. The number of amides is 1. The summed E-state index contributed by atoms with van der Waals surface area (Å²) in [4.78, 5) is 11.6. The predicted molar refractivity (Wildman–Crippen MR) is 49.8 cm³/mol. The van der Waals surface area contributed by atoms with Crippen molar-refractivity contribution in [2.75, 3.05) is 0 Å². The van der Waals surface area contributed by atoms with Crippen molar-refractivity contribution in [1.29, 1.82) is 0 Å². The van der Waals surface area contributed by atoms with Crippen LogP contribution >= 0.6 is 22.5 Å². The van der Waals surface area contributed by atoms with Crippen LogP contribution in [0, 0.1) is 0 Å². The second kappa shape index (κ2) is 3.69. The van der Waals surface area contributed by atoms with Crippen LogP contribution in [0.2, 0.25) is 0 Å². The van der Waals surface area contributed by atoms with Crippen molar-refractivity contribution in [3.8, 4) is 0 Å². The van der Waals surface area contributed by atoms with Crippen molar-refractivity contribution in [2.45, 2.75) is 4.90 Å². The van der Waals surface area contributed by atoms with Gasteiger partial charge in [-0.2, -0.15) is 0 Å². The Labute approximate surface area is 74.0 Å². The van der Waals surface area contributed by atoms with Crippen LogP contribution in [-0.4, -0.2) is 5.91 Å². The molecule has 1 aromatic rings. The molecule has 1 aromatic carbocycles. The van der Waals surface area contributed by atoms with Crippen LogP contribution in [0.15, 0.2) is 29.2 Å². The fraction of sp³-hybridized carbons (Fsp3) is 0. The van der Waals surface area contributed by atoms with Crippen LogP contribution in [0.1, 0.15) is 10.4 Å². The summed E-state index contributed by atoms with van der Waals surface area (Å²) in [6.45, 7) is 0. The van der Waals surface area contributed by atoms with Gasteiger partial charge in [-0.15, -0.1) is 11.7 Å². The van der Waals surface area contributed by atoms with Crippen molar-refractivity contribution in [3.63, 3.8) is 0 Å². The third-order valence-electron chi connectivity index (χ3n) is 1.25. The Morgan fingerprint density at radius 3 is 2.55 bits per heavy atom. The molecule has 0 saturated carbocycles. The molecule has 0 aromatic heterocycles. The Bertz CT molecular complexity index is 275. The Morgan fingerprint density at radius 2 is 2.09 bits per heavy atom. The molecular formula is C7H7NOS2. The lowest BCUT2D eigenvalue weighted by Gasteiger charge is -1.99. The van der Waals surface area contributed by atoms with Gasteiger partial charge in [0.25, 0.3) is 0 Å². The molecule has 0 bridgehead atoms. The molecule has 1 amide bonds. The predicted octanol–water partition coefficient (Wildman–Crippen LogP) is 1.72. The minimum absolute atomic E-state index is 0.415. The number of carbonyl (C=O) groups is 1. The lowest BCUT2D eigenvalue weighted by Crippen LogP contribution is -2.11. The fourth-order valence-electron chi connectivity index (χ4n) is 0.750. The van der Waals surface area contributed by atoms with Crippen LogP contribution in [-0.2, 0) is 0 Å². The van der Waals surface area contributed by atoms with E-state index in [0.29, 0.717) is 5.56 Å². The lowest BCUT2D eigenvalue weighted by molar-refractivity contribution is 0.0997. The monoisotopic (exact) mass is 185 g/mol. The van der Waals surface area contributed by atoms with Gasteiger partial charge in [0.1, 0.15) is 0 Å². The molecule has 0 unspecified atom stereocenters. The number of primary amides is 1. The largest absolute Gasteiger partial charge is 0.366 e. The summed E-state index contributed by atoms with van der Waals surface area (Å²) in [7, 11) is 1.22. The number of hydrogen-bond donors (Lipinski definition) is 2. The van der Waals surface area contributed by atoms with E-state index in [2.05, 4.69) is 11.7 Å². The Hall–Kier alpha value is -0.610. The van der Waals surface area contributed by atoms with Gasteiger partial charge in [0.15, 0.2) is 0 Å². The summed E-state index contributed by atoms with van der Waals surface area (Å²) < 4.78 is 0. The van der Waals surface area contributed by atoms with E-state index in [1.54, 1.807) is 18.2 Å². The van der Waals surface area contributed by atoms with Gasteiger partial charge in [-0.1, -0.05) is 22.9 Å². The summed E-state index contributed by atoms with van der Waals surface area (Å²) in [6, 6.07) is 7.09. The maximum atomic E-state index is 10.8. The van der Waals surface area contributed by atoms with Gasteiger partial charge >= 0.3 is 0 Å². The standard InChI is InChI=1S/C7H7NOS2/c8-7(9)5-3-1-2-4-6(5)11-10/h1-4,10H,(H2,8,9). The highest BCUT2D eigenvalue weighted by Crippen LogP contribution is 2.24. The molecule has 0 radical (unpaired) electrons. The Balaban J connectivity index is 3.12. The van der Waals surface area contributed by atoms with Crippen LogP contribution in [0.5, 0.6) is 0 Å². The molecule has 1 rings (SSSR count). The average Bonchev–Trinajstić information content (AvgIpc) is 2.04. The highest BCUT2D eigenvalue weighted by atomic mass is 33.1. The Morgan fingerprint density at radius 1 is 1.45 bits per heavy atom. The quantitative estimate of drug-likeness (QED) is 0.544. The first kappa shape index (κ1) is 8.49. The number of carbonyl (C=O) groups excluding carboxylic acids is 1. The third kappa shape index (κ3) is 1.91. The zero-order valence-corrected chi connectivity index (χ0v) is 7.36. The maximum absolute atomic E-state index is 10.8. The van der Waals surface area contributed by atoms with Gasteiger partial charge in [-0.25, -0.2) is 0 Å². The van der Waals surface area contributed by atoms with E-state index in [1.165, 1.54) is 10.8 Å². The zero-order valence-electron chi connectivity index (χ0n) is 5.65. The summed E-state index contributed by atoms with van der Waals surface area (Å²) >= 11 is 3.98. The molecule has 0 aliphatic carbocycles. The van der Waals surface area contributed by atoms with E-state index in [9.17, 15) is 4.79 Å². The summed E-state index contributed by atoms with van der Waals surface area (Å²) in [5, 5.41) is 0. The zero-order chi connectivity index (χ0) is 8.27. The van der Waals surface area contributed by atoms with Gasteiger partial charge in [-0.3, -0.25) is 4.79 Å². The van der Waals surface area contributed by atoms with Gasteiger partial charge in [-0.05, 0) is 12.1 Å². The van der Waals surface area contributed by atoms with Crippen molar-refractivity contribution < 1.29 is 4.79 Å². The molecule has 0 aliphatic rings. The van der Waals surface area contributed by atoms with E-state index < -0.39 is 5.91 Å². The van der Waals surface area contributed by atoms with E-state index in [0.717, 1.165) is 4.90 Å². The second-order valence-corrected chi connectivity index (χ2v) is 3.12. The molecule has 0 heterocycles. The SMILES string of the molecule is NC(=O)c1ccccc1SS. The molecule has 2 N–H and O–H groups in total. The first-order valence-corrected chi connectivity index (χ1v) is 4.83. The van der Waals surface area contributed by atoms with Crippen molar-refractivity contribution >= 4 is 28.4 Å². The van der Waals surface area contributed by atoms with Crippen LogP contribution in [0.4, 0.5) is 0 Å². The highest BCUT2D eigenvalue weighted by molar-refractivity contribution is 8.68. The number of hydrogen-bond acceptors (Lipinski definition) is 3. The number of thiol groups is 1. The van der Waals surface area contributed by atoms with Gasteiger partial charge in [0.05, 0.1) is 5.56 Å². The van der Waals surface area contributed by atoms with Crippen LogP contribution in [0.3, 0.4) is 0 Å². The van der Waals surface area contributed by atoms with Gasteiger partial charge in [0, 0.05) is 4.90 Å². The maximum Gasteiger partial charge on any atom is 0.249 e. The molecule has 2 nitrogen and oxygen atoms in total.